The predicted octanol–water partition coefficient (Wildman–Crippen LogP) is 3.25. The van der Waals surface area contributed by atoms with E-state index in [1.807, 2.05) is 0 Å². The molecule has 5 nitrogen and oxygen atoms in total. The van der Waals surface area contributed by atoms with Crippen LogP contribution in [0.5, 0.6) is 11.5 Å². The monoisotopic (exact) mass is 266 g/mol. The second kappa shape index (κ2) is 4.89. The zero-order chi connectivity index (χ0) is 14.0. The van der Waals surface area contributed by atoms with Gasteiger partial charge in [-0.3, -0.25) is 10.1 Å². The van der Waals surface area contributed by atoms with Crippen LogP contribution < -0.4 is 10.5 Å². The summed E-state index contributed by atoms with van der Waals surface area (Å²) in [5.41, 5.74) is 4.60. The summed E-state index contributed by atoms with van der Waals surface area (Å²) in [6, 6.07) is 6.78. The molecule has 0 aromatic heterocycles. The second-order valence-electron chi connectivity index (χ2n) is 3.66. The Hall–Kier alpha value is -2.70. The van der Waals surface area contributed by atoms with Gasteiger partial charge in [0.05, 0.1) is 10.6 Å². The molecule has 98 valence electrons. The van der Waals surface area contributed by atoms with Gasteiger partial charge < -0.3 is 10.5 Å². The molecule has 7 heteroatoms. The molecule has 0 heterocycles. The molecule has 2 rings (SSSR count). The van der Waals surface area contributed by atoms with E-state index < -0.39 is 22.2 Å². The lowest BCUT2D eigenvalue weighted by Gasteiger charge is -2.06. The average Bonchev–Trinajstić information content (AvgIpc) is 2.33. The Balaban J connectivity index is 2.26. The van der Waals surface area contributed by atoms with E-state index in [1.165, 1.54) is 18.2 Å². The van der Waals surface area contributed by atoms with Crippen molar-refractivity contribution < 1.29 is 18.4 Å². The van der Waals surface area contributed by atoms with Crippen LogP contribution in [0.15, 0.2) is 36.4 Å². The van der Waals surface area contributed by atoms with Gasteiger partial charge in [-0.1, -0.05) is 0 Å². The quantitative estimate of drug-likeness (QED) is 0.525. The summed E-state index contributed by atoms with van der Waals surface area (Å²) in [6.45, 7) is 0. The first-order valence-electron chi connectivity index (χ1n) is 5.14. The highest BCUT2D eigenvalue weighted by atomic mass is 19.1. The number of halogens is 2. The van der Waals surface area contributed by atoms with Crippen LogP contribution in [-0.4, -0.2) is 4.92 Å². The maximum atomic E-state index is 13.3. The van der Waals surface area contributed by atoms with Crippen LogP contribution in [-0.2, 0) is 0 Å². The van der Waals surface area contributed by atoms with E-state index in [-0.39, 0.29) is 17.2 Å². The third-order valence-electron chi connectivity index (χ3n) is 2.32. The number of nitrogens with zero attached hydrogens (tertiary/aromatic N) is 1. The fourth-order valence-corrected chi connectivity index (χ4v) is 1.41. The van der Waals surface area contributed by atoms with Crippen molar-refractivity contribution in [2.24, 2.45) is 0 Å². The molecule has 0 spiro atoms. The molecule has 2 aromatic carbocycles. The summed E-state index contributed by atoms with van der Waals surface area (Å²) in [6.07, 6.45) is 0. The molecule has 2 aromatic rings. The van der Waals surface area contributed by atoms with Gasteiger partial charge in [-0.2, -0.15) is 4.39 Å². The van der Waals surface area contributed by atoms with Crippen LogP contribution in [0.1, 0.15) is 0 Å². The molecule has 2 N–H and O–H groups in total. The number of nitro benzene ring substituents is 1. The highest BCUT2D eigenvalue weighted by Gasteiger charge is 2.14. The van der Waals surface area contributed by atoms with Crippen molar-refractivity contribution in [3.8, 4) is 11.5 Å². The molecule has 0 aliphatic rings. The third-order valence-corrected chi connectivity index (χ3v) is 2.32. The van der Waals surface area contributed by atoms with E-state index in [4.69, 9.17) is 10.5 Å². The molecular formula is C12H8F2N2O3. The smallest absolute Gasteiger partial charge is 0.305 e. The van der Waals surface area contributed by atoms with E-state index in [9.17, 15) is 18.9 Å². The van der Waals surface area contributed by atoms with Gasteiger partial charge in [0, 0.05) is 18.2 Å². The standard InChI is InChI=1S/C12H8F2N2O3/c13-9-5-7(1-3-11(9)15)19-8-2-4-12(16(17)18)10(14)6-8/h1-6H,15H2. The molecule has 0 aliphatic carbocycles. The van der Waals surface area contributed by atoms with Gasteiger partial charge in [-0.15, -0.1) is 0 Å². The summed E-state index contributed by atoms with van der Waals surface area (Å²) in [5, 5.41) is 10.4. The zero-order valence-electron chi connectivity index (χ0n) is 9.47. The molecule has 0 atom stereocenters. The number of ether oxygens (including phenoxy) is 1. The van der Waals surface area contributed by atoms with Gasteiger partial charge in [0.1, 0.15) is 17.3 Å². The van der Waals surface area contributed by atoms with Crippen molar-refractivity contribution in [1.82, 2.24) is 0 Å². The Kier molecular flexibility index (Phi) is 3.28. The number of benzene rings is 2. The van der Waals surface area contributed by atoms with Crippen molar-refractivity contribution in [2.75, 3.05) is 5.73 Å². The fourth-order valence-electron chi connectivity index (χ4n) is 1.41. The van der Waals surface area contributed by atoms with Crippen molar-refractivity contribution in [3.05, 3.63) is 58.1 Å². The molecule has 0 amide bonds. The Labute approximate surface area is 106 Å². The minimum absolute atomic E-state index is 0.0206. The number of hydrogen-bond acceptors (Lipinski definition) is 4. The number of anilines is 1. The average molecular weight is 266 g/mol. The molecule has 0 radical (unpaired) electrons. The number of nitrogen functional groups attached to an aromatic ring is 1. The molecule has 0 saturated heterocycles. The van der Waals surface area contributed by atoms with Crippen LogP contribution in [0, 0.1) is 21.7 Å². The highest BCUT2D eigenvalue weighted by molar-refractivity contribution is 5.45. The van der Waals surface area contributed by atoms with Crippen molar-refractivity contribution in [1.29, 1.82) is 0 Å². The lowest BCUT2D eigenvalue weighted by molar-refractivity contribution is -0.387. The molecule has 0 bridgehead atoms. The summed E-state index contributed by atoms with van der Waals surface area (Å²) in [5.74, 6) is -1.56. The Morgan fingerprint density at radius 3 is 2.16 bits per heavy atom. The fraction of sp³-hybridized carbons (Fsp3) is 0. The minimum Gasteiger partial charge on any atom is -0.457 e. The molecule has 0 aliphatic heterocycles. The van der Waals surface area contributed by atoms with Gasteiger partial charge in [0.2, 0.25) is 5.82 Å². The van der Waals surface area contributed by atoms with E-state index in [2.05, 4.69) is 0 Å². The van der Waals surface area contributed by atoms with Gasteiger partial charge in [0.25, 0.3) is 0 Å². The zero-order valence-corrected chi connectivity index (χ0v) is 9.47. The number of hydrogen-bond donors (Lipinski definition) is 1. The summed E-state index contributed by atoms with van der Waals surface area (Å²) >= 11 is 0. The van der Waals surface area contributed by atoms with Gasteiger partial charge in [0.15, 0.2) is 0 Å². The van der Waals surface area contributed by atoms with E-state index in [1.54, 1.807) is 0 Å². The summed E-state index contributed by atoms with van der Waals surface area (Å²) < 4.78 is 31.7. The number of nitrogens with two attached hydrogens (primary N) is 1. The first-order chi connectivity index (χ1) is 8.97. The van der Waals surface area contributed by atoms with Crippen LogP contribution in [0.4, 0.5) is 20.2 Å². The maximum absolute atomic E-state index is 13.3. The van der Waals surface area contributed by atoms with Crippen molar-refractivity contribution in [2.45, 2.75) is 0 Å². The van der Waals surface area contributed by atoms with E-state index >= 15 is 0 Å². The van der Waals surface area contributed by atoms with E-state index in [0.29, 0.717) is 0 Å². The van der Waals surface area contributed by atoms with Crippen LogP contribution >= 0.6 is 0 Å². The third kappa shape index (κ3) is 2.76. The van der Waals surface area contributed by atoms with Gasteiger partial charge >= 0.3 is 5.69 Å². The topological polar surface area (TPSA) is 78.4 Å². The number of rotatable bonds is 3. The normalized spacial score (nSPS) is 10.2. The van der Waals surface area contributed by atoms with E-state index in [0.717, 1.165) is 18.2 Å². The first-order valence-corrected chi connectivity index (χ1v) is 5.14. The van der Waals surface area contributed by atoms with Crippen LogP contribution in [0.3, 0.4) is 0 Å². The minimum atomic E-state index is -1.03. The SMILES string of the molecule is Nc1ccc(Oc2ccc([N+](=O)[O-])c(F)c2)cc1F. The predicted molar refractivity (Wildman–Crippen MR) is 63.9 cm³/mol. The van der Waals surface area contributed by atoms with Crippen LogP contribution in [0.2, 0.25) is 0 Å². The summed E-state index contributed by atoms with van der Waals surface area (Å²) in [7, 11) is 0. The van der Waals surface area contributed by atoms with Crippen molar-refractivity contribution in [3.63, 3.8) is 0 Å². The van der Waals surface area contributed by atoms with Gasteiger partial charge in [-0.05, 0) is 18.2 Å². The Morgan fingerprint density at radius 2 is 1.63 bits per heavy atom. The van der Waals surface area contributed by atoms with Gasteiger partial charge in [-0.25, -0.2) is 4.39 Å². The highest BCUT2D eigenvalue weighted by Crippen LogP contribution is 2.27. The largest absolute Gasteiger partial charge is 0.457 e. The molecule has 19 heavy (non-hydrogen) atoms. The summed E-state index contributed by atoms with van der Waals surface area (Å²) in [4.78, 5) is 9.59. The lowest BCUT2D eigenvalue weighted by atomic mass is 10.2. The molecule has 0 saturated carbocycles. The Morgan fingerprint density at radius 1 is 1.05 bits per heavy atom. The van der Waals surface area contributed by atoms with Crippen LogP contribution in [0.25, 0.3) is 0 Å². The molecule has 0 unspecified atom stereocenters. The first kappa shape index (κ1) is 12.7. The molecular weight excluding hydrogens is 258 g/mol. The Bertz CT molecular complexity index is 647. The lowest BCUT2D eigenvalue weighted by Crippen LogP contribution is -1.94. The number of nitro groups is 1. The van der Waals surface area contributed by atoms with Crippen molar-refractivity contribution >= 4 is 11.4 Å². The maximum Gasteiger partial charge on any atom is 0.305 e. The second-order valence-corrected chi connectivity index (χ2v) is 3.66. The molecule has 0 fully saturated rings.